The molecule has 1 fully saturated rings. The Labute approximate surface area is 139 Å². The highest BCUT2D eigenvalue weighted by molar-refractivity contribution is 7.89. The van der Waals surface area contributed by atoms with E-state index in [-0.39, 0.29) is 10.3 Å². The van der Waals surface area contributed by atoms with E-state index in [9.17, 15) is 18.0 Å². The Kier molecular flexibility index (Phi) is 4.35. The van der Waals surface area contributed by atoms with Crippen LogP contribution < -0.4 is 11.4 Å². The SMILES string of the molecule is CCn1c(=O)oc(=O)c2cc(S(=O)(=O)N3CCCC(C)C3)ccc21. The van der Waals surface area contributed by atoms with Crippen LogP contribution in [0, 0.1) is 5.92 Å². The molecule has 1 aliphatic rings. The smallest absolute Gasteiger partial charge is 0.372 e. The monoisotopic (exact) mass is 352 g/mol. The molecule has 130 valence electrons. The lowest BCUT2D eigenvalue weighted by atomic mass is 10.0. The van der Waals surface area contributed by atoms with Crippen LogP contribution in [0.5, 0.6) is 0 Å². The molecule has 0 bridgehead atoms. The molecule has 1 aromatic carbocycles. The minimum Gasteiger partial charge on any atom is -0.372 e. The van der Waals surface area contributed by atoms with Gasteiger partial charge in [-0.05, 0) is 43.9 Å². The third-order valence-electron chi connectivity index (χ3n) is 4.45. The van der Waals surface area contributed by atoms with Crippen LogP contribution in [0.1, 0.15) is 26.7 Å². The van der Waals surface area contributed by atoms with E-state index in [1.54, 1.807) is 6.92 Å². The van der Waals surface area contributed by atoms with E-state index in [2.05, 4.69) is 4.42 Å². The van der Waals surface area contributed by atoms with Crippen molar-refractivity contribution in [2.24, 2.45) is 5.92 Å². The summed E-state index contributed by atoms with van der Waals surface area (Å²) in [5, 5.41) is 0.0996. The van der Waals surface area contributed by atoms with Crippen molar-refractivity contribution >= 4 is 20.9 Å². The fraction of sp³-hybridized carbons (Fsp3) is 0.500. The van der Waals surface area contributed by atoms with E-state index < -0.39 is 21.4 Å². The van der Waals surface area contributed by atoms with E-state index >= 15 is 0 Å². The molecular weight excluding hydrogens is 332 g/mol. The highest BCUT2D eigenvalue weighted by atomic mass is 32.2. The van der Waals surface area contributed by atoms with Gasteiger partial charge in [-0.25, -0.2) is 18.0 Å². The predicted octanol–water partition coefficient (Wildman–Crippen LogP) is 1.40. The molecule has 2 heterocycles. The van der Waals surface area contributed by atoms with Crippen molar-refractivity contribution in [2.45, 2.75) is 38.1 Å². The van der Waals surface area contributed by atoms with Crippen molar-refractivity contribution in [1.29, 1.82) is 0 Å². The normalized spacial score (nSPS) is 19.7. The Morgan fingerprint density at radius 3 is 2.71 bits per heavy atom. The van der Waals surface area contributed by atoms with Crippen molar-refractivity contribution in [3.63, 3.8) is 0 Å². The number of piperidine rings is 1. The quantitative estimate of drug-likeness (QED) is 0.833. The zero-order valence-corrected chi connectivity index (χ0v) is 14.5. The van der Waals surface area contributed by atoms with Gasteiger partial charge in [0.15, 0.2) is 0 Å². The number of rotatable bonds is 3. The molecule has 0 spiro atoms. The van der Waals surface area contributed by atoms with Gasteiger partial charge in [0.2, 0.25) is 10.0 Å². The summed E-state index contributed by atoms with van der Waals surface area (Å²) in [5.41, 5.74) is -0.437. The molecule has 24 heavy (non-hydrogen) atoms. The summed E-state index contributed by atoms with van der Waals surface area (Å²) >= 11 is 0. The van der Waals surface area contributed by atoms with Crippen LogP contribution >= 0.6 is 0 Å². The lowest BCUT2D eigenvalue weighted by molar-refractivity contribution is 0.281. The van der Waals surface area contributed by atoms with Crippen LogP contribution in [0.4, 0.5) is 0 Å². The van der Waals surface area contributed by atoms with Crippen molar-refractivity contribution in [2.75, 3.05) is 13.1 Å². The molecule has 0 aliphatic carbocycles. The average molecular weight is 352 g/mol. The Balaban J connectivity index is 2.14. The summed E-state index contributed by atoms with van der Waals surface area (Å²) in [6.45, 7) is 5.06. The van der Waals surface area contributed by atoms with Crippen LogP contribution in [0.25, 0.3) is 10.9 Å². The van der Waals surface area contributed by atoms with Crippen LogP contribution in [-0.2, 0) is 16.6 Å². The molecular formula is C16H20N2O5S. The number of fused-ring (bicyclic) bond motifs is 1. The zero-order valence-electron chi connectivity index (χ0n) is 13.7. The second kappa shape index (κ2) is 6.18. The predicted molar refractivity (Wildman–Crippen MR) is 89.6 cm³/mol. The Bertz CT molecular complexity index is 990. The van der Waals surface area contributed by atoms with E-state index in [0.29, 0.717) is 31.1 Å². The lowest BCUT2D eigenvalue weighted by Crippen LogP contribution is -2.39. The molecule has 1 atom stereocenters. The van der Waals surface area contributed by atoms with Gasteiger partial charge in [0, 0.05) is 19.6 Å². The van der Waals surface area contributed by atoms with Crippen molar-refractivity contribution < 1.29 is 12.8 Å². The molecule has 0 amide bonds. The second-order valence-electron chi connectivity index (χ2n) is 6.19. The van der Waals surface area contributed by atoms with Gasteiger partial charge in [-0.15, -0.1) is 0 Å². The maximum absolute atomic E-state index is 12.8. The molecule has 3 rings (SSSR count). The van der Waals surface area contributed by atoms with Gasteiger partial charge in [0.05, 0.1) is 15.8 Å². The highest BCUT2D eigenvalue weighted by Gasteiger charge is 2.29. The molecule has 8 heteroatoms. The van der Waals surface area contributed by atoms with Crippen LogP contribution in [0.15, 0.2) is 37.1 Å². The number of nitrogens with zero attached hydrogens (tertiary/aromatic N) is 2. The maximum atomic E-state index is 12.8. The molecule has 1 aliphatic heterocycles. The van der Waals surface area contributed by atoms with E-state index in [1.807, 2.05) is 6.92 Å². The third-order valence-corrected chi connectivity index (χ3v) is 6.31. The number of aromatic nitrogens is 1. The molecule has 1 saturated heterocycles. The van der Waals surface area contributed by atoms with E-state index in [1.165, 1.54) is 27.1 Å². The molecule has 1 aromatic heterocycles. The summed E-state index contributed by atoms with van der Waals surface area (Å²) in [6.07, 6.45) is 1.83. The van der Waals surface area contributed by atoms with Gasteiger partial charge in [-0.3, -0.25) is 4.57 Å². The fourth-order valence-corrected chi connectivity index (χ4v) is 4.80. The largest absolute Gasteiger partial charge is 0.422 e. The summed E-state index contributed by atoms with van der Waals surface area (Å²) < 4.78 is 33.1. The third kappa shape index (κ3) is 2.80. The second-order valence-corrected chi connectivity index (χ2v) is 8.13. The number of aryl methyl sites for hydroxylation is 1. The standard InChI is InChI=1S/C16H20N2O5S/c1-3-18-14-7-6-12(9-13(14)15(19)23-16(18)20)24(21,22)17-8-4-5-11(2)10-17/h6-7,9,11H,3-5,8,10H2,1-2H3. The average Bonchev–Trinajstić information content (AvgIpc) is 2.55. The fourth-order valence-electron chi connectivity index (χ4n) is 3.18. The van der Waals surface area contributed by atoms with Gasteiger partial charge in [0.25, 0.3) is 0 Å². The summed E-state index contributed by atoms with van der Waals surface area (Å²) in [7, 11) is -3.67. The lowest BCUT2D eigenvalue weighted by Gasteiger charge is -2.30. The van der Waals surface area contributed by atoms with Crippen molar-refractivity contribution in [1.82, 2.24) is 8.87 Å². The molecule has 1 unspecified atom stereocenters. The number of sulfonamides is 1. The molecule has 2 aromatic rings. The first-order valence-electron chi connectivity index (χ1n) is 8.02. The Hall–Kier alpha value is -1.93. The first-order valence-corrected chi connectivity index (χ1v) is 9.46. The Morgan fingerprint density at radius 1 is 1.29 bits per heavy atom. The van der Waals surface area contributed by atoms with Gasteiger partial charge in [0.1, 0.15) is 0 Å². The number of hydrogen-bond donors (Lipinski definition) is 0. The van der Waals surface area contributed by atoms with E-state index in [0.717, 1.165) is 12.8 Å². The van der Waals surface area contributed by atoms with Crippen LogP contribution in [-0.4, -0.2) is 30.4 Å². The van der Waals surface area contributed by atoms with Gasteiger partial charge < -0.3 is 4.42 Å². The summed E-state index contributed by atoms with van der Waals surface area (Å²) in [4.78, 5) is 23.8. The first kappa shape index (κ1) is 16.9. The molecule has 0 radical (unpaired) electrons. The summed E-state index contributed by atoms with van der Waals surface area (Å²) in [5.74, 6) is -0.431. The van der Waals surface area contributed by atoms with Gasteiger partial charge >= 0.3 is 11.4 Å². The number of hydrogen-bond acceptors (Lipinski definition) is 5. The molecule has 0 N–H and O–H groups in total. The minimum atomic E-state index is -3.67. The summed E-state index contributed by atoms with van der Waals surface area (Å²) in [6, 6.07) is 4.25. The first-order chi connectivity index (χ1) is 11.3. The van der Waals surface area contributed by atoms with Crippen LogP contribution in [0.2, 0.25) is 0 Å². The van der Waals surface area contributed by atoms with Crippen molar-refractivity contribution in [3.8, 4) is 0 Å². The zero-order chi connectivity index (χ0) is 17.5. The molecule has 0 saturated carbocycles. The molecule has 7 nitrogen and oxygen atoms in total. The highest BCUT2D eigenvalue weighted by Crippen LogP contribution is 2.24. The van der Waals surface area contributed by atoms with Crippen molar-refractivity contribution in [3.05, 3.63) is 39.2 Å². The van der Waals surface area contributed by atoms with Gasteiger partial charge in [-0.1, -0.05) is 6.92 Å². The topological polar surface area (TPSA) is 89.6 Å². The van der Waals surface area contributed by atoms with Crippen LogP contribution in [0.3, 0.4) is 0 Å². The van der Waals surface area contributed by atoms with Gasteiger partial charge in [-0.2, -0.15) is 4.31 Å². The maximum Gasteiger partial charge on any atom is 0.422 e. The van der Waals surface area contributed by atoms with E-state index in [4.69, 9.17) is 0 Å². The Morgan fingerprint density at radius 2 is 2.04 bits per heavy atom. The number of benzene rings is 1. The minimum absolute atomic E-state index is 0.0534.